The molecule has 0 heterocycles. The molecule has 0 amide bonds. The molecule has 0 saturated heterocycles. The standard InChI is InChI=1S/C17H35O2P/c1-16(2,3)20(17(4,5)6)15-10-7-9-14(15)13-19-12-8-11-18/h14-15,18H,7-13H2,1-6H3. The second kappa shape index (κ2) is 7.56. The van der Waals surface area contributed by atoms with Gasteiger partial charge in [-0.1, -0.05) is 55.9 Å². The third kappa shape index (κ3) is 5.28. The lowest BCUT2D eigenvalue weighted by atomic mass is 10.1. The van der Waals surface area contributed by atoms with Gasteiger partial charge in [-0.15, -0.1) is 0 Å². The van der Waals surface area contributed by atoms with Crippen LogP contribution in [0.4, 0.5) is 0 Å². The minimum absolute atomic E-state index is 0.0370. The van der Waals surface area contributed by atoms with E-state index in [1.165, 1.54) is 19.3 Å². The lowest BCUT2D eigenvalue weighted by Gasteiger charge is -2.47. The van der Waals surface area contributed by atoms with E-state index in [-0.39, 0.29) is 14.5 Å². The predicted octanol–water partition coefficient (Wildman–Crippen LogP) is 4.63. The van der Waals surface area contributed by atoms with Gasteiger partial charge in [-0.25, -0.2) is 0 Å². The monoisotopic (exact) mass is 302 g/mol. The number of rotatable bonds is 6. The first-order chi connectivity index (χ1) is 9.18. The van der Waals surface area contributed by atoms with Gasteiger partial charge in [0.05, 0.1) is 0 Å². The molecule has 0 aliphatic heterocycles. The van der Waals surface area contributed by atoms with Crippen molar-refractivity contribution in [1.82, 2.24) is 0 Å². The minimum atomic E-state index is -0.0370. The Bertz CT molecular complexity index is 264. The van der Waals surface area contributed by atoms with Gasteiger partial charge in [-0.05, 0) is 41.2 Å². The molecule has 1 N–H and O–H groups in total. The quantitative estimate of drug-likeness (QED) is 0.572. The van der Waals surface area contributed by atoms with Crippen molar-refractivity contribution in [2.45, 2.75) is 83.2 Å². The predicted molar refractivity (Wildman–Crippen MR) is 90.1 cm³/mol. The van der Waals surface area contributed by atoms with E-state index in [2.05, 4.69) is 41.5 Å². The molecular formula is C17H35O2P. The lowest BCUT2D eigenvalue weighted by Crippen LogP contribution is -2.34. The van der Waals surface area contributed by atoms with E-state index in [0.717, 1.165) is 24.6 Å². The fourth-order valence-electron chi connectivity index (χ4n) is 3.95. The molecule has 0 aromatic heterocycles. The maximum absolute atomic E-state index is 8.83. The molecule has 0 aromatic carbocycles. The van der Waals surface area contributed by atoms with Crippen molar-refractivity contribution in [2.75, 3.05) is 19.8 Å². The highest BCUT2D eigenvalue weighted by Gasteiger charge is 2.44. The Morgan fingerprint density at radius 2 is 1.65 bits per heavy atom. The summed E-state index contributed by atoms with van der Waals surface area (Å²) >= 11 is 0. The van der Waals surface area contributed by atoms with E-state index >= 15 is 0 Å². The summed E-state index contributed by atoms with van der Waals surface area (Å²) in [6.07, 6.45) is 4.84. The van der Waals surface area contributed by atoms with Gasteiger partial charge in [0, 0.05) is 19.8 Å². The smallest absolute Gasteiger partial charge is 0.0500 e. The highest BCUT2D eigenvalue weighted by molar-refractivity contribution is 7.61. The number of aliphatic hydroxyl groups excluding tert-OH is 1. The van der Waals surface area contributed by atoms with E-state index < -0.39 is 0 Å². The molecule has 3 heteroatoms. The molecule has 1 aliphatic carbocycles. The zero-order chi connectivity index (χ0) is 15.4. The topological polar surface area (TPSA) is 29.5 Å². The molecule has 2 atom stereocenters. The van der Waals surface area contributed by atoms with Crippen LogP contribution in [0.1, 0.15) is 67.2 Å². The Hall–Kier alpha value is 0.350. The van der Waals surface area contributed by atoms with Crippen LogP contribution >= 0.6 is 7.92 Å². The molecule has 1 rings (SSSR count). The van der Waals surface area contributed by atoms with Crippen LogP contribution in [-0.4, -0.2) is 40.9 Å². The largest absolute Gasteiger partial charge is 0.396 e. The van der Waals surface area contributed by atoms with Gasteiger partial charge in [-0.3, -0.25) is 0 Å². The fraction of sp³-hybridized carbons (Fsp3) is 1.00. The first-order valence-electron chi connectivity index (χ1n) is 8.16. The first-order valence-corrected chi connectivity index (χ1v) is 9.57. The molecule has 2 unspecified atom stereocenters. The summed E-state index contributed by atoms with van der Waals surface area (Å²) in [5.74, 6) is 0.734. The maximum atomic E-state index is 8.83. The molecule has 1 fully saturated rings. The van der Waals surface area contributed by atoms with Gasteiger partial charge >= 0.3 is 0 Å². The molecule has 1 aliphatic rings. The fourth-order valence-corrected chi connectivity index (χ4v) is 9.05. The van der Waals surface area contributed by atoms with Gasteiger partial charge in [0.15, 0.2) is 0 Å². The average Bonchev–Trinajstić information content (AvgIpc) is 2.68. The summed E-state index contributed by atoms with van der Waals surface area (Å²) in [5.41, 5.74) is 0.846. The number of aliphatic hydroxyl groups is 1. The van der Waals surface area contributed by atoms with Crippen LogP contribution in [0, 0.1) is 5.92 Å². The molecule has 0 bridgehead atoms. The molecule has 0 radical (unpaired) electrons. The summed E-state index contributed by atoms with van der Waals surface area (Å²) in [5, 5.41) is 9.65. The van der Waals surface area contributed by atoms with Crippen molar-refractivity contribution in [3.8, 4) is 0 Å². The third-order valence-electron chi connectivity index (χ3n) is 4.17. The summed E-state index contributed by atoms with van der Waals surface area (Å²) in [7, 11) is -0.0370. The molecule has 120 valence electrons. The molecule has 20 heavy (non-hydrogen) atoms. The lowest BCUT2D eigenvalue weighted by molar-refractivity contribution is 0.0889. The molecule has 0 spiro atoms. The molecule has 2 nitrogen and oxygen atoms in total. The number of hydrogen-bond donors (Lipinski definition) is 1. The first kappa shape index (κ1) is 18.4. The highest BCUT2D eigenvalue weighted by Crippen LogP contribution is 2.66. The van der Waals surface area contributed by atoms with Gasteiger partial charge in [-0.2, -0.15) is 0 Å². The Balaban J connectivity index is 2.69. The van der Waals surface area contributed by atoms with Crippen LogP contribution in [0.25, 0.3) is 0 Å². The van der Waals surface area contributed by atoms with E-state index in [4.69, 9.17) is 9.84 Å². The minimum Gasteiger partial charge on any atom is -0.396 e. The van der Waals surface area contributed by atoms with Crippen molar-refractivity contribution in [3.05, 3.63) is 0 Å². The van der Waals surface area contributed by atoms with Crippen LogP contribution in [0.3, 0.4) is 0 Å². The summed E-state index contributed by atoms with van der Waals surface area (Å²) in [4.78, 5) is 0. The van der Waals surface area contributed by atoms with Crippen LogP contribution in [0.2, 0.25) is 0 Å². The van der Waals surface area contributed by atoms with Crippen LogP contribution in [-0.2, 0) is 4.74 Å². The van der Waals surface area contributed by atoms with Crippen molar-refractivity contribution >= 4 is 7.92 Å². The second-order valence-electron chi connectivity index (χ2n) is 8.12. The normalized spacial score (nSPS) is 24.6. The maximum Gasteiger partial charge on any atom is 0.0500 e. The van der Waals surface area contributed by atoms with Gasteiger partial charge in [0.2, 0.25) is 0 Å². The van der Waals surface area contributed by atoms with E-state index in [1.807, 2.05) is 0 Å². The van der Waals surface area contributed by atoms with Crippen molar-refractivity contribution in [2.24, 2.45) is 5.92 Å². The van der Waals surface area contributed by atoms with Crippen molar-refractivity contribution in [3.63, 3.8) is 0 Å². The van der Waals surface area contributed by atoms with E-state index in [0.29, 0.717) is 16.9 Å². The molecule has 1 saturated carbocycles. The van der Waals surface area contributed by atoms with E-state index in [1.54, 1.807) is 0 Å². The zero-order valence-electron chi connectivity index (χ0n) is 14.4. The molecule has 0 aromatic rings. The summed E-state index contributed by atoms with van der Waals surface area (Å²) in [6, 6.07) is 0. The summed E-state index contributed by atoms with van der Waals surface area (Å²) < 4.78 is 5.81. The Kier molecular flexibility index (Phi) is 6.96. The van der Waals surface area contributed by atoms with Crippen LogP contribution in [0.15, 0.2) is 0 Å². The Morgan fingerprint density at radius 3 is 2.15 bits per heavy atom. The van der Waals surface area contributed by atoms with E-state index in [9.17, 15) is 0 Å². The zero-order valence-corrected chi connectivity index (χ0v) is 15.3. The summed E-state index contributed by atoms with van der Waals surface area (Å²) in [6.45, 7) is 16.4. The third-order valence-corrected chi connectivity index (χ3v) is 8.41. The average molecular weight is 302 g/mol. The Morgan fingerprint density at radius 1 is 1.05 bits per heavy atom. The van der Waals surface area contributed by atoms with Gasteiger partial charge in [0.25, 0.3) is 0 Å². The van der Waals surface area contributed by atoms with Crippen LogP contribution in [0.5, 0.6) is 0 Å². The van der Waals surface area contributed by atoms with Crippen molar-refractivity contribution in [1.29, 1.82) is 0 Å². The SMILES string of the molecule is CC(C)(C)P(C1CCCC1COCCCO)C(C)(C)C. The molecular weight excluding hydrogens is 267 g/mol. The van der Waals surface area contributed by atoms with Gasteiger partial charge in [0.1, 0.15) is 0 Å². The van der Waals surface area contributed by atoms with Crippen molar-refractivity contribution < 1.29 is 9.84 Å². The second-order valence-corrected chi connectivity index (χ2v) is 12.2. The Labute approximate surface area is 127 Å². The number of ether oxygens (including phenoxy) is 1. The number of hydrogen-bond acceptors (Lipinski definition) is 2. The highest BCUT2D eigenvalue weighted by atomic mass is 31.1. The van der Waals surface area contributed by atoms with Crippen LogP contribution < -0.4 is 0 Å². The van der Waals surface area contributed by atoms with Gasteiger partial charge < -0.3 is 9.84 Å².